The molecule has 6 nitrogen and oxygen atoms in total. The van der Waals surface area contributed by atoms with Crippen molar-refractivity contribution < 1.29 is 14.7 Å². The number of benzene rings is 1. The minimum atomic E-state index is -0.578. The molecular formula is C22H31N3O3. The van der Waals surface area contributed by atoms with Gasteiger partial charge in [0, 0.05) is 45.8 Å². The van der Waals surface area contributed by atoms with Crippen LogP contribution in [0.5, 0.6) is 0 Å². The Bertz CT molecular complexity index is 688. The highest BCUT2D eigenvalue weighted by molar-refractivity contribution is 5.90. The van der Waals surface area contributed by atoms with Crippen LogP contribution >= 0.6 is 0 Å². The standard InChI is InChI=1S/C22H31N3O3/c1-3-20(27)24-11-9-22(10-12-24,19-7-5-4-6-8-19)21(28)25-15-13-23(14-16-25)17-18(2)26/h3-8,18,26H,1,9-17H2,2H3/t18-/m1/s1. The number of hydrogen-bond donors (Lipinski definition) is 1. The van der Waals surface area contributed by atoms with E-state index in [1.807, 2.05) is 35.2 Å². The Kier molecular flexibility index (Phi) is 6.52. The zero-order valence-electron chi connectivity index (χ0n) is 16.7. The molecule has 152 valence electrons. The fourth-order valence-electron chi connectivity index (χ4n) is 4.43. The molecule has 0 spiro atoms. The van der Waals surface area contributed by atoms with Gasteiger partial charge in [0.05, 0.1) is 11.5 Å². The van der Waals surface area contributed by atoms with Crippen molar-refractivity contribution in [3.8, 4) is 0 Å². The fourth-order valence-corrected chi connectivity index (χ4v) is 4.43. The smallest absolute Gasteiger partial charge is 0.245 e. The van der Waals surface area contributed by atoms with Gasteiger partial charge in [0.15, 0.2) is 0 Å². The Hall–Kier alpha value is -2.18. The van der Waals surface area contributed by atoms with Crippen molar-refractivity contribution >= 4 is 11.8 Å². The summed E-state index contributed by atoms with van der Waals surface area (Å²) >= 11 is 0. The Morgan fingerprint density at radius 2 is 1.68 bits per heavy atom. The maximum Gasteiger partial charge on any atom is 0.245 e. The first-order chi connectivity index (χ1) is 13.5. The number of carbonyl (C=O) groups excluding carboxylic acids is 2. The van der Waals surface area contributed by atoms with Gasteiger partial charge in [-0.1, -0.05) is 36.9 Å². The summed E-state index contributed by atoms with van der Waals surface area (Å²) in [7, 11) is 0. The van der Waals surface area contributed by atoms with Gasteiger partial charge in [-0.2, -0.15) is 0 Å². The summed E-state index contributed by atoms with van der Waals surface area (Å²) in [5.74, 6) is 0.0990. The molecule has 0 saturated carbocycles. The van der Waals surface area contributed by atoms with Crippen LogP contribution in [0, 0.1) is 0 Å². The monoisotopic (exact) mass is 385 g/mol. The number of piperazine rings is 1. The number of aliphatic hydroxyl groups is 1. The van der Waals surface area contributed by atoms with Gasteiger partial charge in [-0.05, 0) is 31.4 Å². The lowest BCUT2D eigenvalue weighted by atomic mass is 9.71. The van der Waals surface area contributed by atoms with Crippen LogP contribution in [-0.2, 0) is 15.0 Å². The van der Waals surface area contributed by atoms with E-state index in [0.717, 1.165) is 18.7 Å². The van der Waals surface area contributed by atoms with Crippen LogP contribution in [0.4, 0.5) is 0 Å². The van der Waals surface area contributed by atoms with Gasteiger partial charge in [-0.3, -0.25) is 14.5 Å². The van der Waals surface area contributed by atoms with E-state index < -0.39 is 5.41 Å². The van der Waals surface area contributed by atoms with Crippen LogP contribution in [0.1, 0.15) is 25.3 Å². The van der Waals surface area contributed by atoms with Crippen molar-refractivity contribution in [2.75, 3.05) is 45.8 Å². The lowest BCUT2D eigenvalue weighted by molar-refractivity contribution is -0.143. The molecule has 0 aliphatic carbocycles. The fraction of sp³-hybridized carbons (Fsp3) is 0.545. The van der Waals surface area contributed by atoms with E-state index in [-0.39, 0.29) is 17.9 Å². The third-order valence-electron chi connectivity index (χ3n) is 6.02. The summed E-state index contributed by atoms with van der Waals surface area (Å²) in [6.07, 6.45) is 2.25. The van der Waals surface area contributed by atoms with Crippen LogP contribution in [0.15, 0.2) is 43.0 Å². The number of β-amino-alcohol motifs (C(OH)–C–C–N with tert-alkyl or cyclic N) is 1. The molecule has 0 unspecified atom stereocenters. The topological polar surface area (TPSA) is 64.1 Å². The Morgan fingerprint density at radius 3 is 2.21 bits per heavy atom. The number of piperidine rings is 1. The van der Waals surface area contributed by atoms with Gasteiger partial charge < -0.3 is 14.9 Å². The molecular weight excluding hydrogens is 354 g/mol. The lowest BCUT2D eigenvalue weighted by Crippen LogP contribution is -2.58. The molecule has 0 radical (unpaired) electrons. The van der Waals surface area contributed by atoms with Gasteiger partial charge in [-0.15, -0.1) is 0 Å². The highest BCUT2D eigenvalue weighted by Crippen LogP contribution is 2.37. The van der Waals surface area contributed by atoms with Crippen molar-refractivity contribution in [3.63, 3.8) is 0 Å². The minimum absolute atomic E-state index is 0.0687. The molecule has 2 aliphatic rings. The van der Waals surface area contributed by atoms with Crippen LogP contribution in [0.3, 0.4) is 0 Å². The summed E-state index contributed by atoms with van der Waals surface area (Å²) in [5.41, 5.74) is 0.461. The van der Waals surface area contributed by atoms with E-state index in [4.69, 9.17) is 0 Å². The first kappa shape index (κ1) is 20.6. The van der Waals surface area contributed by atoms with E-state index in [0.29, 0.717) is 45.6 Å². The van der Waals surface area contributed by atoms with Crippen LogP contribution in [0.25, 0.3) is 0 Å². The molecule has 28 heavy (non-hydrogen) atoms. The highest BCUT2D eigenvalue weighted by atomic mass is 16.3. The van der Waals surface area contributed by atoms with Crippen LogP contribution in [0.2, 0.25) is 0 Å². The lowest BCUT2D eigenvalue weighted by Gasteiger charge is -2.45. The van der Waals surface area contributed by atoms with Gasteiger partial charge in [0.25, 0.3) is 0 Å². The van der Waals surface area contributed by atoms with Crippen molar-refractivity contribution in [1.29, 1.82) is 0 Å². The second-order valence-corrected chi connectivity index (χ2v) is 7.92. The van der Waals surface area contributed by atoms with Crippen molar-refractivity contribution in [2.45, 2.75) is 31.3 Å². The molecule has 2 heterocycles. The maximum atomic E-state index is 13.7. The number of hydrogen-bond acceptors (Lipinski definition) is 4. The van der Waals surface area contributed by atoms with E-state index in [9.17, 15) is 14.7 Å². The second kappa shape index (κ2) is 8.88. The third kappa shape index (κ3) is 4.28. The zero-order chi connectivity index (χ0) is 20.1. The average molecular weight is 386 g/mol. The summed E-state index contributed by atoms with van der Waals surface area (Å²) in [5, 5.41) is 9.60. The predicted molar refractivity (Wildman–Crippen MR) is 109 cm³/mol. The van der Waals surface area contributed by atoms with Gasteiger partial charge in [-0.25, -0.2) is 0 Å². The Balaban J connectivity index is 1.76. The molecule has 2 amide bonds. The first-order valence-corrected chi connectivity index (χ1v) is 10.1. The molecule has 1 aromatic rings. The van der Waals surface area contributed by atoms with Gasteiger partial charge in [0.2, 0.25) is 11.8 Å². The molecule has 2 aliphatic heterocycles. The summed E-state index contributed by atoms with van der Waals surface area (Å²) in [6.45, 7) is 10.1. The number of carbonyl (C=O) groups is 2. The largest absolute Gasteiger partial charge is 0.392 e. The number of rotatable bonds is 5. The molecule has 1 N–H and O–H groups in total. The van der Waals surface area contributed by atoms with E-state index in [1.54, 1.807) is 11.8 Å². The normalized spacial score (nSPS) is 21.2. The quantitative estimate of drug-likeness (QED) is 0.775. The van der Waals surface area contributed by atoms with E-state index in [2.05, 4.69) is 11.5 Å². The number of amides is 2. The molecule has 2 saturated heterocycles. The number of likely N-dealkylation sites (tertiary alicyclic amines) is 1. The summed E-state index contributed by atoms with van der Waals surface area (Å²) < 4.78 is 0. The third-order valence-corrected chi connectivity index (χ3v) is 6.02. The molecule has 6 heteroatoms. The molecule has 3 rings (SSSR count). The van der Waals surface area contributed by atoms with E-state index >= 15 is 0 Å². The second-order valence-electron chi connectivity index (χ2n) is 7.92. The SMILES string of the molecule is C=CC(=O)N1CCC(C(=O)N2CCN(C[C@@H](C)O)CC2)(c2ccccc2)CC1. The molecule has 2 fully saturated rings. The van der Waals surface area contributed by atoms with Crippen molar-refractivity contribution in [2.24, 2.45) is 0 Å². The number of nitrogens with zero attached hydrogens (tertiary/aromatic N) is 3. The van der Waals surface area contributed by atoms with Crippen LogP contribution < -0.4 is 0 Å². The summed E-state index contributed by atoms with van der Waals surface area (Å²) in [6, 6.07) is 9.99. The van der Waals surface area contributed by atoms with Gasteiger partial charge >= 0.3 is 0 Å². The summed E-state index contributed by atoms with van der Waals surface area (Å²) in [4.78, 5) is 31.6. The molecule has 1 aromatic carbocycles. The number of aliphatic hydroxyl groups excluding tert-OH is 1. The first-order valence-electron chi connectivity index (χ1n) is 10.1. The molecule has 0 aromatic heterocycles. The Labute approximate surface area is 167 Å². The molecule has 0 bridgehead atoms. The maximum absolute atomic E-state index is 13.7. The minimum Gasteiger partial charge on any atom is -0.392 e. The van der Waals surface area contributed by atoms with Crippen molar-refractivity contribution in [1.82, 2.24) is 14.7 Å². The average Bonchev–Trinajstić information content (AvgIpc) is 2.73. The van der Waals surface area contributed by atoms with E-state index in [1.165, 1.54) is 6.08 Å². The van der Waals surface area contributed by atoms with Crippen molar-refractivity contribution in [3.05, 3.63) is 48.6 Å². The van der Waals surface area contributed by atoms with Crippen LogP contribution in [-0.4, -0.2) is 83.5 Å². The predicted octanol–water partition coefficient (Wildman–Crippen LogP) is 1.26. The van der Waals surface area contributed by atoms with Gasteiger partial charge in [0.1, 0.15) is 0 Å². The Morgan fingerprint density at radius 1 is 1.07 bits per heavy atom. The molecule has 1 atom stereocenters. The zero-order valence-corrected chi connectivity index (χ0v) is 16.7. The highest BCUT2D eigenvalue weighted by Gasteiger charge is 2.45.